The van der Waals surface area contributed by atoms with Crippen molar-refractivity contribution in [2.45, 2.75) is 6.54 Å². The Labute approximate surface area is 114 Å². The van der Waals surface area contributed by atoms with Gasteiger partial charge in [-0.3, -0.25) is 9.48 Å². The lowest BCUT2D eigenvalue weighted by molar-refractivity contribution is 0.102. The van der Waals surface area contributed by atoms with Gasteiger partial charge in [-0.1, -0.05) is 5.21 Å². The molecule has 2 rings (SSSR count). The number of nitrogens with two attached hydrogens (primary N) is 1. The Bertz CT molecular complexity index is 614. The van der Waals surface area contributed by atoms with Crippen LogP contribution in [0, 0.1) is 5.82 Å². The molecule has 0 aliphatic rings. The number of carbonyl (C=O) groups is 1. The number of rotatable bonds is 5. The minimum atomic E-state index is -0.562. The van der Waals surface area contributed by atoms with Crippen molar-refractivity contribution in [1.82, 2.24) is 15.0 Å². The molecule has 3 N–H and O–H groups in total. The summed E-state index contributed by atoms with van der Waals surface area (Å²) < 4.78 is 20.0. The summed E-state index contributed by atoms with van der Waals surface area (Å²) in [7, 11) is 1.46. The number of carbonyl (C=O) groups excluding carboxylic acids is 1. The third-order valence-corrected chi connectivity index (χ3v) is 2.55. The average molecular weight is 279 g/mol. The van der Waals surface area contributed by atoms with Crippen LogP contribution in [-0.2, 0) is 6.54 Å². The number of amides is 1. The van der Waals surface area contributed by atoms with Crippen LogP contribution in [0.25, 0.3) is 0 Å². The predicted molar refractivity (Wildman–Crippen MR) is 70.0 cm³/mol. The number of halogens is 1. The van der Waals surface area contributed by atoms with Gasteiger partial charge >= 0.3 is 0 Å². The van der Waals surface area contributed by atoms with E-state index < -0.39 is 11.7 Å². The molecular formula is C12H14FN5O2. The molecular weight excluding hydrogens is 265 g/mol. The van der Waals surface area contributed by atoms with Crippen molar-refractivity contribution in [3.05, 3.63) is 35.9 Å². The van der Waals surface area contributed by atoms with Crippen LogP contribution >= 0.6 is 0 Å². The molecule has 0 spiro atoms. The van der Waals surface area contributed by atoms with Crippen LogP contribution in [0.5, 0.6) is 5.75 Å². The third kappa shape index (κ3) is 3.09. The highest BCUT2D eigenvalue weighted by Crippen LogP contribution is 2.21. The van der Waals surface area contributed by atoms with Gasteiger partial charge in [0.2, 0.25) is 0 Å². The van der Waals surface area contributed by atoms with Gasteiger partial charge in [-0.25, -0.2) is 4.39 Å². The van der Waals surface area contributed by atoms with E-state index in [1.165, 1.54) is 36.2 Å². The molecule has 0 atom stereocenters. The Morgan fingerprint density at radius 3 is 3.05 bits per heavy atom. The number of anilines is 1. The second-order valence-corrected chi connectivity index (χ2v) is 3.96. The van der Waals surface area contributed by atoms with Crippen LogP contribution in [0.3, 0.4) is 0 Å². The minimum Gasteiger partial charge on any atom is -0.497 e. The zero-order valence-electron chi connectivity index (χ0n) is 10.8. The molecule has 0 fully saturated rings. The molecule has 0 saturated heterocycles. The van der Waals surface area contributed by atoms with Crippen LogP contribution in [-0.4, -0.2) is 34.6 Å². The molecule has 2 aromatic rings. The van der Waals surface area contributed by atoms with E-state index in [9.17, 15) is 9.18 Å². The lowest BCUT2D eigenvalue weighted by atomic mass is 10.2. The molecule has 7 nitrogen and oxygen atoms in total. The number of methoxy groups -OCH3 is 1. The highest BCUT2D eigenvalue weighted by Gasteiger charge is 2.13. The van der Waals surface area contributed by atoms with E-state index in [-0.39, 0.29) is 11.4 Å². The van der Waals surface area contributed by atoms with Crippen LogP contribution in [0.2, 0.25) is 0 Å². The van der Waals surface area contributed by atoms with Crippen molar-refractivity contribution >= 4 is 11.6 Å². The first kappa shape index (κ1) is 13.9. The quantitative estimate of drug-likeness (QED) is 0.837. The molecule has 20 heavy (non-hydrogen) atoms. The van der Waals surface area contributed by atoms with Crippen LogP contribution in [0.1, 0.15) is 10.5 Å². The van der Waals surface area contributed by atoms with Crippen molar-refractivity contribution in [2.24, 2.45) is 5.73 Å². The SMILES string of the molecule is COc1ccc(F)c(NC(=O)c2cn(CCN)nn2)c1. The van der Waals surface area contributed by atoms with E-state index in [0.717, 1.165) is 0 Å². The van der Waals surface area contributed by atoms with E-state index in [1.54, 1.807) is 0 Å². The number of ether oxygens (including phenoxy) is 1. The van der Waals surface area contributed by atoms with Crippen molar-refractivity contribution < 1.29 is 13.9 Å². The van der Waals surface area contributed by atoms with Gasteiger partial charge in [-0.2, -0.15) is 0 Å². The second kappa shape index (κ2) is 6.11. The largest absolute Gasteiger partial charge is 0.497 e. The van der Waals surface area contributed by atoms with Crippen molar-refractivity contribution in [1.29, 1.82) is 0 Å². The van der Waals surface area contributed by atoms with Gasteiger partial charge in [-0.15, -0.1) is 5.10 Å². The molecule has 8 heteroatoms. The highest BCUT2D eigenvalue weighted by molar-refractivity contribution is 6.02. The number of hydrogen-bond donors (Lipinski definition) is 2. The van der Waals surface area contributed by atoms with Gasteiger partial charge < -0.3 is 15.8 Å². The number of nitrogens with zero attached hydrogens (tertiary/aromatic N) is 3. The molecule has 1 amide bonds. The van der Waals surface area contributed by atoms with E-state index in [0.29, 0.717) is 18.8 Å². The van der Waals surface area contributed by atoms with E-state index in [1.807, 2.05) is 0 Å². The molecule has 1 heterocycles. The Balaban J connectivity index is 2.14. The lowest BCUT2D eigenvalue weighted by Crippen LogP contribution is -2.14. The van der Waals surface area contributed by atoms with Gasteiger partial charge in [-0.05, 0) is 12.1 Å². The maximum atomic E-state index is 13.6. The normalized spacial score (nSPS) is 10.3. The fraction of sp³-hybridized carbons (Fsp3) is 0.250. The summed E-state index contributed by atoms with van der Waals surface area (Å²) >= 11 is 0. The average Bonchev–Trinajstić information content (AvgIpc) is 2.90. The van der Waals surface area contributed by atoms with Crippen LogP contribution < -0.4 is 15.8 Å². The molecule has 106 valence electrons. The maximum absolute atomic E-state index is 13.6. The maximum Gasteiger partial charge on any atom is 0.277 e. The molecule has 0 radical (unpaired) electrons. The number of aromatic nitrogens is 3. The third-order valence-electron chi connectivity index (χ3n) is 2.55. The summed E-state index contributed by atoms with van der Waals surface area (Å²) in [5, 5.41) is 9.84. The van der Waals surface area contributed by atoms with Gasteiger partial charge in [0.1, 0.15) is 11.6 Å². The van der Waals surface area contributed by atoms with Crippen molar-refractivity contribution in [2.75, 3.05) is 19.0 Å². The summed E-state index contributed by atoms with van der Waals surface area (Å²) in [6, 6.07) is 4.06. The first-order valence-electron chi connectivity index (χ1n) is 5.89. The monoisotopic (exact) mass is 279 g/mol. The number of benzene rings is 1. The number of nitrogens with one attached hydrogen (secondary N) is 1. The fourth-order valence-corrected chi connectivity index (χ4v) is 1.56. The zero-order chi connectivity index (χ0) is 14.5. The Hall–Kier alpha value is -2.48. The molecule has 0 aliphatic heterocycles. The first-order chi connectivity index (χ1) is 9.63. The second-order valence-electron chi connectivity index (χ2n) is 3.96. The highest BCUT2D eigenvalue weighted by atomic mass is 19.1. The predicted octanol–water partition coefficient (Wildman–Crippen LogP) is 0.637. The van der Waals surface area contributed by atoms with Gasteiger partial charge in [0, 0.05) is 12.6 Å². The lowest BCUT2D eigenvalue weighted by Gasteiger charge is -2.06. The van der Waals surface area contributed by atoms with Gasteiger partial charge in [0.25, 0.3) is 5.91 Å². The van der Waals surface area contributed by atoms with E-state index in [4.69, 9.17) is 10.5 Å². The van der Waals surface area contributed by atoms with Crippen molar-refractivity contribution in [3.63, 3.8) is 0 Å². The van der Waals surface area contributed by atoms with Crippen LogP contribution in [0.15, 0.2) is 24.4 Å². The molecule has 0 saturated carbocycles. The number of hydrogen-bond acceptors (Lipinski definition) is 5. The van der Waals surface area contributed by atoms with E-state index in [2.05, 4.69) is 15.6 Å². The smallest absolute Gasteiger partial charge is 0.277 e. The summed E-state index contributed by atoms with van der Waals surface area (Å²) in [4.78, 5) is 11.9. The summed E-state index contributed by atoms with van der Waals surface area (Å²) in [5.74, 6) is -0.678. The zero-order valence-corrected chi connectivity index (χ0v) is 10.8. The summed E-state index contributed by atoms with van der Waals surface area (Å²) in [6.07, 6.45) is 1.44. The fourth-order valence-electron chi connectivity index (χ4n) is 1.56. The molecule has 1 aromatic heterocycles. The van der Waals surface area contributed by atoms with Gasteiger partial charge in [0.05, 0.1) is 25.5 Å². The molecule has 0 bridgehead atoms. The van der Waals surface area contributed by atoms with E-state index >= 15 is 0 Å². The summed E-state index contributed by atoms with van der Waals surface area (Å²) in [6.45, 7) is 0.836. The van der Waals surface area contributed by atoms with Gasteiger partial charge in [0.15, 0.2) is 5.69 Å². The Morgan fingerprint density at radius 1 is 1.55 bits per heavy atom. The molecule has 0 aliphatic carbocycles. The first-order valence-corrected chi connectivity index (χ1v) is 5.89. The standard InChI is InChI=1S/C12H14FN5O2/c1-20-8-2-3-9(13)10(6-8)15-12(19)11-7-18(5-4-14)17-16-11/h2-3,6-7H,4-5,14H2,1H3,(H,15,19). The van der Waals surface area contributed by atoms with Crippen LogP contribution in [0.4, 0.5) is 10.1 Å². The molecule has 1 aromatic carbocycles. The minimum absolute atomic E-state index is 0.0164. The Morgan fingerprint density at radius 2 is 2.35 bits per heavy atom. The van der Waals surface area contributed by atoms with Crippen molar-refractivity contribution in [3.8, 4) is 5.75 Å². The molecule has 0 unspecified atom stereocenters. The summed E-state index contributed by atoms with van der Waals surface area (Å²) in [5.41, 5.74) is 5.47. The Kier molecular flexibility index (Phi) is 4.26. The topological polar surface area (TPSA) is 95.1 Å².